The van der Waals surface area contributed by atoms with Crippen LogP contribution < -0.4 is 0 Å². The Hall–Kier alpha value is -1.46. The number of aromatic nitrogens is 3. The SMILES string of the molecule is CC(C)COCCCn1c(-c2ccccc2)n[nH]c1=S. The molecule has 2 rings (SSSR count). The molecular formula is C15H21N3OS. The van der Waals surface area contributed by atoms with Gasteiger partial charge in [0.15, 0.2) is 10.6 Å². The minimum absolute atomic E-state index is 0.575. The number of benzene rings is 1. The van der Waals surface area contributed by atoms with Crippen LogP contribution in [0, 0.1) is 10.7 Å². The van der Waals surface area contributed by atoms with E-state index in [4.69, 9.17) is 17.0 Å². The van der Waals surface area contributed by atoms with Crippen molar-refractivity contribution in [3.8, 4) is 11.4 Å². The molecule has 0 bridgehead atoms. The fourth-order valence-corrected chi connectivity index (χ4v) is 2.20. The van der Waals surface area contributed by atoms with E-state index in [9.17, 15) is 0 Å². The van der Waals surface area contributed by atoms with Crippen LogP contribution >= 0.6 is 12.2 Å². The number of hydrogen-bond acceptors (Lipinski definition) is 3. The minimum Gasteiger partial charge on any atom is -0.381 e. The summed E-state index contributed by atoms with van der Waals surface area (Å²) >= 11 is 5.30. The second-order valence-electron chi connectivity index (χ2n) is 5.19. The van der Waals surface area contributed by atoms with E-state index in [0.29, 0.717) is 10.7 Å². The molecule has 1 aromatic heterocycles. The minimum atomic E-state index is 0.575. The van der Waals surface area contributed by atoms with Crippen molar-refractivity contribution in [1.82, 2.24) is 14.8 Å². The maximum Gasteiger partial charge on any atom is 0.195 e. The van der Waals surface area contributed by atoms with Crippen LogP contribution in [0.3, 0.4) is 0 Å². The van der Waals surface area contributed by atoms with Crippen LogP contribution in [0.25, 0.3) is 11.4 Å². The van der Waals surface area contributed by atoms with Crippen molar-refractivity contribution in [2.24, 2.45) is 5.92 Å². The van der Waals surface area contributed by atoms with Crippen LogP contribution in [0.5, 0.6) is 0 Å². The van der Waals surface area contributed by atoms with Crippen LogP contribution in [0.2, 0.25) is 0 Å². The van der Waals surface area contributed by atoms with E-state index < -0.39 is 0 Å². The fourth-order valence-electron chi connectivity index (χ4n) is 1.98. The van der Waals surface area contributed by atoms with Gasteiger partial charge in [0.05, 0.1) is 0 Å². The third-order valence-corrected chi connectivity index (χ3v) is 3.22. The van der Waals surface area contributed by atoms with Gasteiger partial charge in [0, 0.05) is 25.3 Å². The molecule has 2 aromatic rings. The molecule has 0 spiro atoms. The number of ether oxygens (including phenoxy) is 1. The van der Waals surface area contributed by atoms with Crippen LogP contribution in [-0.4, -0.2) is 28.0 Å². The molecule has 108 valence electrons. The number of nitrogens with one attached hydrogen (secondary N) is 1. The number of H-pyrrole nitrogens is 1. The Morgan fingerprint density at radius 3 is 2.75 bits per heavy atom. The summed E-state index contributed by atoms with van der Waals surface area (Å²) in [6.45, 7) is 6.68. The molecule has 20 heavy (non-hydrogen) atoms. The van der Waals surface area contributed by atoms with Gasteiger partial charge in [-0.3, -0.25) is 5.10 Å². The van der Waals surface area contributed by atoms with Crippen molar-refractivity contribution in [2.45, 2.75) is 26.8 Å². The fraction of sp³-hybridized carbons (Fsp3) is 0.467. The maximum atomic E-state index is 5.60. The summed E-state index contributed by atoms with van der Waals surface area (Å²) in [5, 5.41) is 7.19. The smallest absolute Gasteiger partial charge is 0.195 e. The third-order valence-electron chi connectivity index (χ3n) is 2.91. The summed E-state index contributed by atoms with van der Waals surface area (Å²) in [7, 11) is 0. The zero-order valence-corrected chi connectivity index (χ0v) is 12.8. The number of rotatable bonds is 7. The molecular weight excluding hydrogens is 270 g/mol. The second-order valence-corrected chi connectivity index (χ2v) is 5.58. The van der Waals surface area contributed by atoms with Gasteiger partial charge < -0.3 is 9.30 Å². The summed E-state index contributed by atoms with van der Waals surface area (Å²) in [5.41, 5.74) is 1.07. The van der Waals surface area contributed by atoms with Gasteiger partial charge in [-0.05, 0) is 24.6 Å². The second kappa shape index (κ2) is 7.36. The first kappa shape index (κ1) is 14.9. The highest BCUT2D eigenvalue weighted by molar-refractivity contribution is 7.71. The molecule has 1 aromatic carbocycles. The normalized spacial score (nSPS) is 11.2. The Labute approximate surface area is 124 Å². The van der Waals surface area contributed by atoms with Gasteiger partial charge in [-0.25, -0.2) is 0 Å². The van der Waals surface area contributed by atoms with Gasteiger partial charge in [-0.2, -0.15) is 5.10 Å². The van der Waals surface area contributed by atoms with Crippen molar-refractivity contribution in [3.05, 3.63) is 35.1 Å². The molecule has 0 unspecified atom stereocenters. The zero-order chi connectivity index (χ0) is 14.4. The van der Waals surface area contributed by atoms with Crippen molar-refractivity contribution >= 4 is 12.2 Å². The monoisotopic (exact) mass is 291 g/mol. The van der Waals surface area contributed by atoms with Crippen molar-refractivity contribution in [3.63, 3.8) is 0 Å². The van der Waals surface area contributed by atoms with E-state index in [1.807, 2.05) is 34.9 Å². The summed E-state index contributed by atoms with van der Waals surface area (Å²) in [4.78, 5) is 0. The summed E-state index contributed by atoms with van der Waals surface area (Å²) < 4.78 is 8.29. The van der Waals surface area contributed by atoms with Crippen LogP contribution in [0.4, 0.5) is 0 Å². The molecule has 5 heteroatoms. The summed E-state index contributed by atoms with van der Waals surface area (Å²) in [5.74, 6) is 1.46. The van der Waals surface area contributed by atoms with E-state index in [2.05, 4.69) is 24.0 Å². The number of nitrogens with zero attached hydrogens (tertiary/aromatic N) is 2. The van der Waals surface area contributed by atoms with Gasteiger partial charge in [-0.1, -0.05) is 44.2 Å². The molecule has 0 radical (unpaired) electrons. The lowest BCUT2D eigenvalue weighted by atomic mass is 10.2. The average molecular weight is 291 g/mol. The van der Waals surface area contributed by atoms with Crippen LogP contribution in [-0.2, 0) is 11.3 Å². The van der Waals surface area contributed by atoms with E-state index in [0.717, 1.165) is 37.6 Å². The average Bonchev–Trinajstić information content (AvgIpc) is 2.80. The zero-order valence-electron chi connectivity index (χ0n) is 12.0. The number of hydrogen-bond donors (Lipinski definition) is 1. The summed E-state index contributed by atoms with van der Waals surface area (Å²) in [6, 6.07) is 10.1. The van der Waals surface area contributed by atoms with Crippen molar-refractivity contribution in [1.29, 1.82) is 0 Å². The lowest BCUT2D eigenvalue weighted by Crippen LogP contribution is -2.07. The first-order valence-corrected chi connectivity index (χ1v) is 7.37. The molecule has 0 aliphatic heterocycles. The van der Waals surface area contributed by atoms with Crippen LogP contribution in [0.1, 0.15) is 20.3 Å². The van der Waals surface area contributed by atoms with Gasteiger partial charge in [0.2, 0.25) is 0 Å². The number of aromatic amines is 1. The molecule has 0 atom stereocenters. The van der Waals surface area contributed by atoms with E-state index in [1.54, 1.807) is 0 Å². The van der Waals surface area contributed by atoms with E-state index in [-0.39, 0.29) is 0 Å². The van der Waals surface area contributed by atoms with Crippen molar-refractivity contribution in [2.75, 3.05) is 13.2 Å². The first-order valence-electron chi connectivity index (χ1n) is 6.97. The molecule has 0 aliphatic carbocycles. The van der Waals surface area contributed by atoms with Crippen LogP contribution in [0.15, 0.2) is 30.3 Å². The Morgan fingerprint density at radius 2 is 2.05 bits per heavy atom. The van der Waals surface area contributed by atoms with E-state index in [1.165, 1.54) is 0 Å². The Kier molecular flexibility index (Phi) is 5.49. The highest BCUT2D eigenvalue weighted by Crippen LogP contribution is 2.16. The molecule has 0 fully saturated rings. The van der Waals surface area contributed by atoms with Gasteiger partial charge >= 0.3 is 0 Å². The molecule has 1 heterocycles. The first-order chi connectivity index (χ1) is 9.68. The molecule has 0 saturated carbocycles. The molecule has 1 N–H and O–H groups in total. The molecule has 0 aliphatic rings. The maximum absolute atomic E-state index is 5.60. The summed E-state index contributed by atoms with van der Waals surface area (Å²) in [6.07, 6.45) is 0.931. The molecule has 4 nitrogen and oxygen atoms in total. The molecule has 0 saturated heterocycles. The quantitative estimate of drug-likeness (QED) is 0.625. The predicted molar refractivity (Wildman–Crippen MR) is 83.1 cm³/mol. The Bertz CT molecular complexity index is 574. The third kappa shape index (κ3) is 4.02. The molecule has 0 amide bonds. The van der Waals surface area contributed by atoms with Crippen molar-refractivity contribution < 1.29 is 4.74 Å². The Morgan fingerprint density at radius 1 is 1.30 bits per heavy atom. The lowest BCUT2D eigenvalue weighted by Gasteiger charge is -2.09. The lowest BCUT2D eigenvalue weighted by molar-refractivity contribution is 0.105. The Balaban J connectivity index is 1.98. The highest BCUT2D eigenvalue weighted by Gasteiger charge is 2.07. The van der Waals surface area contributed by atoms with Gasteiger partial charge in [0.1, 0.15) is 0 Å². The predicted octanol–water partition coefficient (Wildman–Crippen LogP) is 3.67. The topological polar surface area (TPSA) is 42.8 Å². The largest absolute Gasteiger partial charge is 0.381 e. The van der Waals surface area contributed by atoms with E-state index >= 15 is 0 Å². The standard InChI is InChI=1S/C15H21N3OS/c1-12(2)11-19-10-6-9-18-14(16-17-15(18)20)13-7-4-3-5-8-13/h3-5,7-8,12H,6,9-11H2,1-2H3,(H,17,20). The van der Waals surface area contributed by atoms with Gasteiger partial charge in [-0.15, -0.1) is 0 Å². The highest BCUT2D eigenvalue weighted by atomic mass is 32.1. The van der Waals surface area contributed by atoms with Gasteiger partial charge in [0.25, 0.3) is 0 Å².